The molecule has 1 aromatic heterocycles. The third-order valence-corrected chi connectivity index (χ3v) is 2.34. The second-order valence-corrected chi connectivity index (χ2v) is 3.74. The molecule has 2 rings (SSSR count). The van der Waals surface area contributed by atoms with E-state index in [-0.39, 0.29) is 0 Å². The molecule has 0 spiro atoms. The van der Waals surface area contributed by atoms with E-state index in [1.165, 1.54) is 5.56 Å². The fourth-order valence-electron chi connectivity index (χ4n) is 1.54. The highest BCUT2D eigenvalue weighted by atomic mass is 14.9. The lowest BCUT2D eigenvalue weighted by Gasteiger charge is -2.04. The molecule has 0 saturated heterocycles. The van der Waals surface area contributed by atoms with Crippen molar-refractivity contribution in [2.24, 2.45) is 0 Å². The van der Waals surface area contributed by atoms with Crippen molar-refractivity contribution in [2.75, 3.05) is 0 Å². The van der Waals surface area contributed by atoms with Crippen molar-refractivity contribution in [3.8, 4) is 0 Å². The Morgan fingerprint density at radius 1 is 1.06 bits per heavy atom. The molecule has 0 radical (unpaired) electrons. The van der Waals surface area contributed by atoms with Gasteiger partial charge in [0.05, 0.1) is 5.69 Å². The number of nitrogens with zero attached hydrogens (tertiary/aromatic N) is 2. The molecule has 82 valence electrons. The highest BCUT2D eigenvalue weighted by molar-refractivity contribution is 5.14. The lowest BCUT2D eigenvalue weighted by atomic mass is 10.2. The van der Waals surface area contributed by atoms with Crippen molar-refractivity contribution < 1.29 is 0 Å². The lowest BCUT2D eigenvalue weighted by molar-refractivity contribution is 0.676. The number of aromatic nitrogens is 2. The Morgan fingerprint density at radius 3 is 2.62 bits per heavy atom. The molecule has 0 fully saturated rings. The monoisotopic (exact) mass is 213 g/mol. The van der Waals surface area contributed by atoms with E-state index >= 15 is 0 Å². The van der Waals surface area contributed by atoms with Crippen LogP contribution in [0.15, 0.2) is 42.7 Å². The third-order valence-electron chi connectivity index (χ3n) is 2.34. The van der Waals surface area contributed by atoms with E-state index in [1.54, 1.807) is 6.33 Å². The quantitative estimate of drug-likeness (QED) is 0.845. The normalized spacial score (nSPS) is 10.3. The van der Waals surface area contributed by atoms with E-state index in [4.69, 9.17) is 0 Å². The Hall–Kier alpha value is -1.74. The lowest BCUT2D eigenvalue weighted by Crippen LogP contribution is -2.13. The van der Waals surface area contributed by atoms with Crippen LogP contribution < -0.4 is 5.32 Å². The zero-order chi connectivity index (χ0) is 11.2. The average Bonchev–Trinajstić information content (AvgIpc) is 2.30. The van der Waals surface area contributed by atoms with Crippen LogP contribution in [-0.2, 0) is 13.1 Å². The molecule has 16 heavy (non-hydrogen) atoms. The minimum atomic E-state index is 0.776. The Labute approximate surface area is 95.6 Å². The third kappa shape index (κ3) is 3.14. The van der Waals surface area contributed by atoms with Crippen molar-refractivity contribution in [1.29, 1.82) is 0 Å². The van der Waals surface area contributed by atoms with Gasteiger partial charge < -0.3 is 5.32 Å². The first-order valence-corrected chi connectivity index (χ1v) is 5.37. The number of rotatable bonds is 4. The molecule has 1 aromatic carbocycles. The number of benzene rings is 1. The summed E-state index contributed by atoms with van der Waals surface area (Å²) in [6.07, 6.45) is 1.61. The van der Waals surface area contributed by atoms with Gasteiger partial charge in [0, 0.05) is 18.8 Å². The summed E-state index contributed by atoms with van der Waals surface area (Å²) in [6, 6.07) is 12.3. The van der Waals surface area contributed by atoms with Crippen LogP contribution >= 0.6 is 0 Å². The largest absolute Gasteiger partial charge is 0.307 e. The number of hydrogen-bond acceptors (Lipinski definition) is 3. The number of aryl methyl sites for hydroxylation is 1. The zero-order valence-corrected chi connectivity index (χ0v) is 9.35. The second kappa shape index (κ2) is 5.37. The highest BCUT2D eigenvalue weighted by Gasteiger charge is 1.95. The van der Waals surface area contributed by atoms with Crippen LogP contribution in [0.4, 0.5) is 0 Å². The molecule has 0 atom stereocenters. The summed E-state index contributed by atoms with van der Waals surface area (Å²) in [6.45, 7) is 3.62. The summed E-state index contributed by atoms with van der Waals surface area (Å²) in [5.74, 6) is 0. The summed E-state index contributed by atoms with van der Waals surface area (Å²) in [5, 5.41) is 3.35. The zero-order valence-electron chi connectivity index (χ0n) is 9.35. The first-order chi connectivity index (χ1) is 7.84. The Bertz CT molecular complexity index is 440. The first-order valence-electron chi connectivity index (χ1n) is 5.37. The van der Waals surface area contributed by atoms with Gasteiger partial charge in [-0.25, -0.2) is 9.97 Å². The van der Waals surface area contributed by atoms with Gasteiger partial charge in [0.15, 0.2) is 0 Å². The Morgan fingerprint density at radius 2 is 1.88 bits per heavy atom. The van der Waals surface area contributed by atoms with E-state index in [0.29, 0.717) is 0 Å². The van der Waals surface area contributed by atoms with Gasteiger partial charge in [0.25, 0.3) is 0 Å². The fourth-order valence-corrected chi connectivity index (χ4v) is 1.54. The van der Waals surface area contributed by atoms with Gasteiger partial charge in [-0.05, 0) is 18.6 Å². The Balaban J connectivity index is 1.85. The molecule has 3 nitrogen and oxygen atoms in total. The number of nitrogens with one attached hydrogen (secondary N) is 1. The van der Waals surface area contributed by atoms with Crippen molar-refractivity contribution >= 4 is 0 Å². The van der Waals surface area contributed by atoms with E-state index in [9.17, 15) is 0 Å². The summed E-state index contributed by atoms with van der Waals surface area (Å²) in [5.41, 5.74) is 3.32. The topological polar surface area (TPSA) is 37.8 Å². The molecule has 3 heteroatoms. The van der Waals surface area contributed by atoms with Crippen molar-refractivity contribution in [1.82, 2.24) is 15.3 Å². The van der Waals surface area contributed by atoms with E-state index in [2.05, 4.69) is 27.4 Å². The van der Waals surface area contributed by atoms with Gasteiger partial charge in [-0.15, -0.1) is 0 Å². The van der Waals surface area contributed by atoms with E-state index in [0.717, 1.165) is 24.5 Å². The highest BCUT2D eigenvalue weighted by Crippen LogP contribution is 1.99. The predicted octanol–water partition coefficient (Wildman–Crippen LogP) is 2.07. The molecular formula is C13H15N3. The average molecular weight is 213 g/mol. The SMILES string of the molecule is Cc1cc(CNCc2ccccc2)ncn1. The van der Waals surface area contributed by atoms with Gasteiger partial charge in [-0.2, -0.15) is 0 Å². The van der Waals surface area contributed by atoms with Crippen LogP contribution in [-0.4, -0.2) is 9.97 Å². The van der Waals surface area contributed by atoms with Crippen molar-refractivity contribution in [3.05, 3.63) is 59.7 Å². The molecule has 0 saturated carbocycles. The summed E-state index contributed by atoms with van der Waals surface area (Å²) >= 11 is 0. The van der Waals surface area contributed by atoms with Crippen LogP contribution in [0.5, 0.6) is 0 Å². The van der Waals surface area contributed by atoms with Gasteiger partial charge in [0.1, 0.15) is 6.33 Å². The maximum absolute atomic E-state index is 4.20. The fraction of sp³-hybridized carbons (Fsp3) is 0.231. The standard InChI is InChI=1S/C13H15N3/c1-11-7-13(16-10-15-11)9-14-8-12-5-3-2-4-6-12/h2-7,10,14H,8-9H2,1H3. The first kappa shape index (κ1) is 10.8. The van der Waals surface area contributed by atoms with Crippen molar-refractivity contribution in [3.63, 3.8) is 0 Å². The molecule has 0 amide bonds. The minimum Gasteiger partial charge on any atom is -0.307 e. The summed E-state index contributed by atoms with van der Waals surface area (Å²) in [7, 11) is 0. The van der Waals surface area contributed by atoms with Crippen LogP contribution in [0.3, 0.4) is 0 Å². The van der Waals surface area contributed by atoms with Gasteiger partial charge in [-0.1, -0.05) is 30.3 Å². The van der Waals surface area contributed by atoms with Gasteiger partial charge in [-0.3, -0.25) is 0 Å². The number of hydrogen-bond donors (Lipinski definition) is 1. The Kier molecular flexibility index (Phi) is 3.62. The molecule has 0 aliphatic carbocycles. The van der Waals surface area contributed by atoms with E-state index < -0.39 is 0 Å². The maximum Gasteiger partial charge on any atom is 0.115 e. The molecule has 0 aliphatic heterocycles. The molecule has 2 aromatic rings. The van der Waals surface area contributed by atoms with Gasteiger partial charge in [0.2, 0.25) is 0 Å². The summed E-state index contributed by atoms with van der Waals surface area (Å²) < 4.78 is 0. The summed E-state index contributed by atoms with van der Waals surface area (Å²) in [4.78, 5) is 8.26. The van der Waals surface area contributed by atoms with E-state index in [1.807, 2.05) is 31.2 Å². The smallest absolute Gasteiger partial charge is 0.115 e. The van der Waals surface area contributed by atoms with Crippen LogP contribution in [0.1, 0.15) is 17.0 Å². The van der Waals surface area contributed by atoms with Crippen LogP contribution in [0.25, 0.3) is 0 Å². The maximum atomic E-state index is 4.20. The molecule has 1 N–H and O–H groups in total. The van der Waals surface area contributed by atoms with Crippen LogP contribution in [0.2, 0.25) is 0 Å². The molecular weight excluding hydrogens is 198 g/mol. The van der Waals surface area contributed by atoms with Crippen LogP contribution in [0, 0.1) is 6.92 Å². The molecule has 0 unspecified atom stereocenters. The molecule has 1 heterocycles. The molecule has 0 aliphatic rings. The molecule has 0 bridgehead atoms. The second-order valence-electron chi connectivity index (χ2n) is 3.74. The van der Waals surface area contributed by atoms with Crippen molar-refractivity contribution in [2.45, 2.75) is 20.0 Å². The minimum absolute atomic E-state index is 0.776. The van der Waals surface area contributed by atoms with Gasteiger partial charge >= 0.3 is 0 Å². The predicted molar refractivity (Wildman–Crippen MR) is 63.8 cm³/mol.